The summed E-state index contributed by atoms with van der Waals surface area (Å²) in [5.74, 6) is 1.71. The van der Waals surface area contributed by atoms with Crippen LogP contribution in [0.3, 0.4) is 0 Å². The monoisotopic (exact) mass is 518 g/mol. The van der Waals surface area contributed by atoms with Crippen molar-refractivity contribution in [2.45, 2.75) is 74.4 Å². The smallest absolute Gasteiger partial charge is 0.243 e. The Morgan fingerprint density at radius 1 is 1.08 bits per heavy atom. The SMILES string of the molecule is C=C[C@H]1CCC[C@@H](c2ccoc2)N1C(=O)[C@@]1(C=C)C[C@]2(C=C[C@H]3[C@H](C)CC[C@@H](c4ccoc4)N3C2)CS1. The van der Waals surface area contributed by atoms with Crippen LogP contribution in [0.1, 0.15) is 68.7 Å². The van der Waals surface area contributed by atoms with E-state index in [0.29, 0.717) is 18.0 Å². The first kappa shape index (κ1) is 24.9. The molecule has 0 radical (unpaired) electrons. The third kappa shape index (κ3) is 4.17. The van der Waals surface area contributed by atoms with E-state index in [2.05, 4.69) is 48.1 Å². The molecule has 2 aromatic rings. The first-order chi connectivity index (χ1) is 18.0. The maximum atomic E-state index is 14.5. The number of hydrogen-bond donors (Lipinski definition) is 0. The van der Waals surface area contributed by atoms with Crippen LogP contribution in [0.2, 0.25) is 0 Å². The molecule has 1 amide bonds. The van der Waals surface area contributed by atoms with Crippen LogP contribution in [-0.4, -0.2) is 44.8 Å². The van der Waals surface area contributed by atoms with Gasteiger partial charge in [0.15, 0.2) is 0 Å². The van der Waals surface area contributed by atoms with Gasteiger partial charge in [-0.2, -0.15) is 0 Å². The van der Waals surface area contributed by atoms with Gasteiger partial charge in [0.1, 0.15) is 4.75 Å². The van der Waals surface area contributed by atoms with Gasteiger partial charge in [0.2, 0.25) is 5.91 Å². The van der Waals surface area contributed by atoms with E-state index in [4.69, 9.17) is 8.83 Å². The number of carbonyl (C=O) groups is 1. The number of likely N-dealkylation sites (tertiary alicyclic amines) is 1. The second-order valence-corrected chi connectivity index (χ2v) is 12.9. The van der Waals surface area contributed by atoms with Crippen molar-refractivity contribution in [2.75, 3.05) is 12.3 Å². The molecule has 0 saturated carbocycles. The van der Waals surface area contributed by atoms with Crippen molar-refractivity contribution in [3.05, 3.63) is 85.8 Å². The van der Waals surface area contributed by atoms with Gasteiger partial charge in [-0.05, 0) is 56.6 Å². The highest BCUT2D eigenvalue weighted by molar-refractivity contribution is 8.01. The fourth-order valence-electron chi connectivity index (χ4n) is 7.38. The number of rotatable bonds is 5. The van der Waals surface area contributed by atoms with Crippen molar-refractivity contribution in [1.82, 2.24) is 9.80 Å². The Morgan fingerprint density at radius 3 is 2.51 bits per heavy atom. The van der Waals surface area contributed by atoms with Crippen LogP contribution in [0, 0.1) is 11.3 Å². The Hall–Kier alpha value is -2.44. The molecular weight excluding hydrogens is 480 g/mol. The first-order valence-electron chi connectivity index (χ1n) is 13.7. The summed E-state index contributed by atoms with van der Waals surface area (Å²) in [6.07, 6.45) is 22.1. The minimum absolute atomic E-state index is 0.0108. The highest BCUT2D eigenvalue weighted by Gasteiger charge is 2.56. The molecule has 1 spiro atoms. The molecule has 3 saturated heterocycles. The molecule has 0 aliphatic carbocycles. The van der Waals surface area contributed by atoms with Gasteiger partial charge in [0.05, 0.1) is 37.1 Å². The van der Waals surface area contributed by atoms with E-state index in [0.717, 1.165) is 50.0 Å². The van der Waals surface area contributed by atoms with E-state index < -0.39 is 4.75 Å². The summed E-state index contributed by atoms with van der Waals surface area (Å²) < 4.78 is 10.2. The average Bonchev–Trinajstić information content (AvgIpc) is 3.70. The number of amides is 1. The molecule has 3 fully saturated rings. The number of piperidine rings is 2. The van der Waals surface area contributed by atoms with Crippen molar-refractivity contribution >= 4 is 17.7 Å². The second-order valence-electron chi connectivity index (χ2n) is 11.6. The minimum atomic E-state index is -0.649. The maximum absolute atomic E-state index is 14.5. The summed E-state index contributed by atoms with van der Waals surface area (Å²) >= 11 is 1.78. The normalized spacial score (nSPS) is 38.0. The summed E-state index contributed by atoms with van der Waals surface area (Å²) in [6, 6.07) is 4.94. The van der Waals surface area contributed by atoms with Gasteiger partial charge in [0.25, 0.3) is 0 Å². The number of fused-ring (bicyclic) bond motifs is 1. The number of thioether (sulfide) groups is 1. The van der Waals surface area contributed by atoms with Gasteiger partial charge >= 0.3 is 0 Å². The minimum Gasteiger partial charge on any atom is -0.472 e. The van der Waals surface area contributed by atoms with E-state index in [1.165, 1.54) is 12.0 Å². The van der Waals surface area contributed by atoms with Crippen molar-refractivity contribution in [2.24, 2.45) is 11.3 Å². The Labute approximate surface area is 224 Å². The molecule has 0 N–H and O–H groups in total. The lowest BCUT2D eigenvalue weighted by molar-refractivity contribution is -0.139. The van der Waals surface area contributed by atoms with Gasteiger partial charge in [-0.25, -0.2) is 0 Å². The molecule has 0 aromatic carbocycles. The van der Waals surface area contributed by atoms with Crippen LogP contribution in [0.15, 0.2) is 83.5 Å². The molecule has 196 valence electrons. The molecule has 4 aliphatic heterocycles. The zero-order chi connectivity index (χ0) is 25.6. The second kappa shape index (κ2) is 9.70. The summed E-state index contributed by atoms with van der Waals surface area (Å²) in [5, 5.41) is 0. The third-order valence-electron chi connectivity index (χ3n) is 9.36. The van der Waals surface area contributed by atoms with Crippen LogP contribution in [0.5, 0.6) is 0 Å². The van der Waals surface area contributed by atoms with Crippen LogP contribution in [0.4, 0.5) is 0 Å². The van der Waals surface area contributed by atoms with Crippen LogP contribution >= 0.6 is 11.8 Å². The fourth-order valence-corrected chi connectivity index (χ4v) is 8.95. The van der Waals surface area contributed by atoms with Gasteiger partial charge < -0.3 is 13.7 Å². The van der Waals surface area contributed by atoms with E-state index in [1.54, 1.807) is 30.6 Å². The molecule has 6 heterocycles. The number of hydrogen-bond acceptors (Lipinski definition) is 5. The van der Waals surface area contributed by atoms with Crippen molar-refractivity contribution in [1.29, 1.82) is 0 Å². The predicted molar refractivity (Wildman–Crippen MR) is 148 cm³/mol. The molecular formula is C31H38N2O3S. The largest absolute Gasteiger partial charge is 0.472 e. The van der Waals surface area contributed by atoms with Gasteiger partial charge in [-0.15, -0.1) is 24.9 Å². The van der Waals surface area contributed by atoms with E-state index >= 15 is 0 Å². The van der Waals surface area contributed by atoms with Gasteiger partial charge in [-0.3, -0.25) is 9.69 Å². The lowest BCUT2D eigenvalue weighted by Crippen LogP contribution is -2.54. The molecule has 5 nitrogen and oxygen atoms in total. The number of nitrogens with zero attached hydrogens (tertiary/aromatic N) is 2. The van der Waals surface area contributed by atoms with Gasteiger partial charge in [-0.1, -0.05) is 31.2 Å². The van der Waals surface area contributed by atoms with Crippen LogP contribution in [0.25, 0.3) is 0 Å². The lowest BCUT2D eigenvalue weighted by atomic mass is 9.73. The van der Waals surface area contributed by atoms with E-state index in [1.807, 2.05) is 24.5 Å². The van der Waals surface area contributed by atoms with Crippen molar-refractivity contribution < 1.29 is 13.6 Å². The summed E-state index contributed by atoms with van der Waals surface area (Å²) in [6.45, 7) is 11.7. The Bertz CT molecular complexity index is 1160. The molecule has 2 aromatic heterocycles. The zero-order valence-electron chi connectivity index (χ0n) is 21.8. The molecule has 37 heavy (non-hydrogen) atoms. The standard InChI is InChI=1S/C31H38N2O3S/c1-4-25-7-6-8-28(24-13-16-36-18-24)33(25)29(34)31(5-2)19-30(21-37-31)14-11-26-22(3)9-10-27(32(26)20-30)23-12-15-35-17-23/h4-5,11-18,22,25-28H,1-2,6-10,19-21H2,3H3/t22-,25+,26+,27+,28+,30+,31-/m1/s1. The van der Waals surface area contributed by atoms with E-state index in [9.17, 15) is 4.79 Å². The third-order valence-corrected chi connectivity index (χ3v) is 11.1. The Morgan fingerprint density at radius 2 is 1.84 bits per heavy atom. The highest BCUT2D eigenvalue weighted by Crippen LogP contribution is 2.56. The van der Waals surface area contributed by atoms with Crippen molar-refractivity contribution in [3.63, 3.8) is 0 Å². The summed E-state index contributed by atoms with van der Waals surface area (Å²) in [5.41, 5.74) is 2.28. The van der Waals surface area contributed by atoms with Crippen LogP contribution in [-0.2, 0) is 4.79 Å². The topological polar surface area (TPSA) is 49.8 Å². The number of carbonyl (C=O) groups excluding carboxylic acids is 1. The first-order valence-corrected chi connectivity index (χ1v) is 14.7. The maximum Gasteiger partial charge on any atom is 0.243 e. The average molecular weight is 519 g/mol. The summed E-state index contributed by atoms with van der Waals surface area (Å²) in [4.78, 5) is 19.3. The molecule has 4 aliphatic rings. The highest BCUT2D eigenvalue weighted by atomic mass is 32.2. The van der Waals surface area contributed by atoms with E-state index in [-0.39, 0.29) is 23.4 Å². The molecule has 0 unspecified atom stereocenters. The van der Waals surface area contributed by atoms with Crippen molar-refractivity contribution in [3.8, 4) is 0 Å². The zero-order valence-corrected chi connectivity index (χ0v) is 22.6. The Balaban J connectivity index is 1.30. The molecule has 6 heteroatoms. The van der Waals surface area contributed by atoms with Gasteiger partial charge in [0, 0.05) is 40.9 Å². The number of furan rings is 2. The molecule has 7 atom stereocenters. The summed E-state index contributed by atoms with van der Waals surface area (Å²) in [7, 11) is 0. The lowest BCUT2D eigenvalue weighted by Gasteiger charge is -2.50. The Kier molecular flexibility index (Phi) is 6.52. The predicted octanol–water partition coefficient (Wildman–Crippen LogP) is 6.94. The quantitative estimate of drug-likeness (QED) is 0.401. The fraction of sp³-hybridized carbons (Fsp3) is 0.516. The molecule has 6 rings (SSSR count). The molecule has 0 bridgehead atoms. The van der Waals surface area contributed by atoms with Crippen LogP contribution < -0.4 is 0 Å².